The summed E-state index contributed by atoms with van der Waals surface area (Å²) in [7, 11) is 1.35. The van der Waals surface area contributed by atoms with Gasteiger partial charge in [0.1, 0.15) is 0 Å². The first-order chi connectivity index (χ1) is 11.0. The lowest BCUT2D eigenvalue weighted by molar-refractivity contribution is -0.120. The van der Waals surface area contributed by atoms with Crippen molar-refractivity contribution in [3.05, 3.63) is 64.2 Å². The van der Waals surface area contributed by atoms with Crippen LogP contribution in [0.3, 0.4) is 0 Å². The molecule has 1 N–H and O–H groups in total. The van der Waals surface area contributed by atoms with Crippen molar-refractivity contribution in [3.63, 3.8) is 0 Å². The number of ether oxygens (including phenoxy) is 1. The van der Waals surface area contributed by atoms with Crippen molar-refractivity contribution in [2.45, 2.75) is 18.8 Å². The Morgan fingerprint density at radius 1 is 1.26 bits per heavy atom. The molecule has 2 aromatic rings. The number of nitrogens with one attached hydrogen (secondary N) is 1. The lowest BCUT2D eigenvalue weighted by Crippen LogP contribution is -2.33. The summed E-state index contributed by atoms with van der Waals surface area (Å²) in [6, 6.07) is 12.6. The molecule has 4 nitrogen and oxygen atoms in total. The number of esters is 1. The topological polar surface area (TPSA) is 55.4 Å². The van der Waals surface area contributed by atoms with E-state index in [0.29, 0.717) is 22.7 Å². The Kier molecular flexibility index (Phi) is 3.86. The molecule has 1 aliphatic rings. The number of rotatable bonds is 3. The number of carbonyl (C=O) groups excluding carboxylic acids is 2. The number of amides is 1. The van der Waals surface area contributed by atoms with Gasteiger partial charge in [0, 0.05) is 0 Å². The summed E-state index contributed by atoms with van der Waals surface area (Å²) in [5.41, 5.74) is 2.18. The molecule has 0 saturated heterocycles. The quantitative estimate of drug-likeness (QED) is 0.876. The van der Waals surface area contributed by atoms with Crippen molar-refractivity contribution in [1.29, 1.82) is 0 Å². The number of anilines is 1. The molecule has 0 bridgehead atoms. The molecule has 5 heteroatoms. The fourth-order valence-electron chi connectivity index (χ4n) is 2.99. The molecule has 0 aliphatic carbocycles. The fourth-order valence-corrected chi connectivity index (χ4v) is 3.22. The number of methoxy groups -OCH3 is 1. The van der Waals surface area contributed by atoms with Crippen LogP contribution in [0, 0.1) is 0 Å². The van der Waals surface area contributed by atoms with Gasteiger partial charge in [-0.2, -0.15) is 0 Å². The summed E-state index contributed by atoms with van der Waals surface area (Å²) in [5, 5.41) is 3.39. The highest BCUT2D eigenvalue weighted by molar-refractivity contribution is 6.34. The lowest BCUT2D eigenvalue weighted by atomic mass is 9.78. The number of hydrogen-bond acceptors (Lipinski definition) is 3. The van der Waals surface area contributed by atoms with Gasteiger partial charge in [0.15, 0.2) is 0 Å². The van der Waals surface area contributed by atoms with E-state index in [1.807, 2.05) is 25.1 Å². The predicted molar refractivity (Wildman–Crippen MR) is 88.9 cm³/mol. The van der Waals surface area contributed by atoms with Crippen LogP contribution in [0.25, 0.3) is 0 Å². The van der Waals surface area contributed by atoms with E-state index in [9.17, 15) is 9.59 Å². The van der Waals surface area contributed by atoms with E-state index in [0.717, 1.165) is 11.1 Å². The molecule has 1 unspecified atom stereocenters. The molecule has 118 valence electrons. The Labute approximate surface area is 139 Å². The molecule has 1 aliphatic heterocycles. The molecular formula is C18H16ClNO3. The van der Waals surface area contributed by atoms with Crippen LogP contribution in [0.1, 0.15) is 28.4 Å². The molecule has 0 fully saturated rings. The highest BCUT2D eigenvalue weighted by Gasteiger charge is 2.43. The van der Waals surface area contributed by atoms with Gasteiger partial charge in [-0.1, -0.05) is 35.9 Å². The monoisotopic (exact) mass is 329 g/mol. The van der Waals surface area contributed by atoms with Crippen molar-refractivity contribution in [2.75, 3.05) is 12.4 Å². The fraction of sp³-hybridized carbons (Fsp3) is 0.222. The summed E-state index contributed by atoms with van der Waals surface area (Å²) >= 11 is 6.17. The summed E-state index contributed by atoms with van der Waals surface area (Å²) in [6.45, 7) is 1.88. The molecule has 1 atom stereocenters. The Morgan fingerprint density at radius 3 is 2.74 bits per heavy atom. The van der Waals surface area contributed by atoms with E-state index in [2.05, 4.69) is 5.32 Å². The number of para-hydroxylation sites is 1. The molecule has 0 aromatic heterocycles. The van der Waals surface area contributed by atoms with E-state index in [-0.39, 0.29) is 5.91 Å². The average Bonchev–Trinajstić information content (AvgIpc) is 2.80. The average molecular weight is 330 g/mol. The second kappa shape index (κ2) is 5.70. The van der Waals surface area contributed by atoms with E-state index < -0.39 is 11.4 Å². The third-order valence-electron chi connectivity index (χ3n) is 4.25. The number of halogens is 1. The molecule has 1 heterocycles. The number of hydrogen-bond donors (Lipinski definition) is 1. The number of fused-ring (bicyclic) bond motifs is 1. The molecule has 0 spiro atoms. The lowest BCUT2D eigenvalue weighted by Gasteiger charge is -2.22. The zero-order chi connectivity index (χ0) is 16.6. The Bertz CT molecular complexity index is 803. The third kappa shape index (κ3) is 2.59. The number of carbonyl (C=O) groups is 2. The van der Waals surface area contributed by atoms with Crippen molar-refractivity contribution >= 4 is 29.2 Å². The zero-order valence-corrected chi connectivity index (χ0v) is 13.6. The van der Waals surface area contributed by atoms with E-state index in [4.69, 9.17) is 16.3 Å². The van der Waals surface area contributed by atoms with Crippen LogP contribution in [0.15, 0.2) is 42.5 Å². The maximum Gasteiger partial charge on any atom is 0.337 e. The van der Waals surface area contributed by atoms with Gasteiger partial charge in [0.25, 0.3) is 0 Å². The van der Waals surface area contributed by atoms with Crippen LogP contribution >= 0.6 is 11.6 Å². The molecule has 1 amide bonds. The first-order valence-electron chi connectivity index (χ1n) is 7.23. The van der Waals surface area contributed by atoms with Gasteiger partial charge in [0.2, 0.25) is 5.91 Å². The second-order valence-electron chi connectivity index (χ2n) is 5.82. The Hall–Kier alpha value is -2.33. The van der Waals surface area contributed by atoms with Crippen molar-refractivity contribution in [1.82, 2.24) is 0 Å². The smallest absolute Gasteiger partial charge is 0.337 e. The largest absolute Gasteiger partial charge is 0.465 e. The van der Waals surface area contributed by atoms with Crippen LogP contribution < -0.4 is 5.32 Å². The van der Waals surface area contributed by atoms with Crippen LogP contribution in [0.5, 0.6) is 0 Å². The van der Waals surface area contributed by atoms with Gasteiger partial charge in [-0.15, -0.1) is 0 Å². The van der Waals surface area contributed by atoms with Gasteiger partial charge in [-0.05, 0) is 42.7 Å². The second-order valence-corrected chi connectivity index (χ2v) is 6.22. The standard InChI is InChI=1S/C18H16ClNO3/c1-18(10-11-5-3-6-12(9-11)16(21)23-2)13-7-4-8-14(19)15(13)20-17(18)22/h3-9H,10H2,1-2H3,(H,20,22). The highest BCUT2D eigenvalue weighted by atomic mass is 35.5. The predicted octanol–water partition coefficient (Wildman–Crippen LogP) is 3.58. The normalized spacial score (nSPS) is 19.2. The summed E-state index contributed by atoms with van der Waals surface area (Å²) in [5.74, 6) is -0.486. The SMILES string of the molecule is COC(=O)c1cccc(CC2(C)C(=O)Nc3c(Cl)cccc32)c1. The van der Waals surface area contributed by atoms with Crippen LogP contribution in [0.2, 0.25) is 5.02 Å². The highest BCUT2D eigenvalue weighted by Crippen LogP contribution is 2.43. The summed E-state index contributed by atoms with van der Waals surface area (Å²) < 4.78 is 4.74. The van der Waals surface area contributed by atoms with E-state index >= 15 is 0 Å². The Balaban J connectivity index is 1.99. The molecule has 23 heavy (non-hydrogen) atoms. The van der Waals surface area contributed by atoms with Gasteiger partial charge in [-0.3, -0.25) is 4.79 Å². The van der Waals surface area contributed by atoms with E-state index in [1.165, 1.54) is 7.11 Å². The minimum atomic E-state index is -0.727. The first-order valence-corrected chi connectivity index (χ1v) is 7.61. The third-order valence-corrected chi connectivity index (χ3v) is 4.57. The van der Waals surface area contributed by atoms with Gasteiger partial charge in [0.05, 0.1) is 28.8 Å². The van der Waals surface area contributed by atoms with Gasteiger partial charge >= 0.3 is 5.97 Å². The minimum Gasteiger partial charge on any atom is -0.465 e. The Morgan fingerprint density at radius 2 is 2.00 bits per heavy atom. The summed E-state index contributed by atoms with van der Waals surface area (Å²) in [4.78, 5) is 24.2. The van der Waals surface area contributed by atoms with E-state index in [1.54, 1.807) is 24.3 Å². The maximum absolute atomic E-state index is 12.5. The first kappa shape index (κ1) is 15.6. The van der Waals surface area contributed by atoms with Gasteiger partial charge in [-0.25, -0.2) is 4.79 Å². The molecule has 3 rings (SSSR count). The maximum atomic E-state index is 12.5. The van der Waals surface area contributed by atoms with Crippen LogP contribution in [-0.4, -0.2) is 19.0 Å². The van der Waals surface area contributed by atoms with Crippen molar-refractivity contribution in [3.8, 4) is 0 Å². The molecule has 2 aromatic carbocycles. The van der Waals surface area contributed by atoms with Crippen LogP contribution in [-0.2, 0) is 21.4 Å². The minimum absolute atomic E-state index is 0.0935. The molecule has 0 saturated carbocycles. The van der Waals surface area contributed by atoms with Crippen LogP contribution in [0.4, 0.5) is 5.69 Å². The zero-order valence-electron chi connectivity index (χ0n) is 12.9. The molecular weight excluding hydrogens is 314 g/mol. The van der Waals surface area contributed by atoms with Gasteiger partial charge < -0.3 is 10.1 Å². The molecule has 0 radical (unpaired) electrons. The van der Waals surface area contributed by atoms with Crippen molar-refractivity contribution < 1.29 is 14.3 Å². The van der Waals surface area contributed by atoms with Crippen molar-refractivity contribution in [2.24, 2.45) is 0 Å². The summed E-state index contributed by atoms with van der Waals surface area (Å²) in [6.07, 6.45) is 0.469. The number of benzene rings is 2.